The lowest BCUT2D eigenvalue weighted by Gasteiger charge is -2.52. The van der Waals surface area contributed by atoms with Crippen molar-refractivity contribution in [1.82, 2.24) is 14.7 Å². The number of rotatable bonds is 1. The molecule has 2 heterocycles. The molecule has 2 aliphatic rings. The smallest absolute Gasteiger partial charge is 0.335 e. The van der Waals surface area contributed by atoms with Crippen molar-refractivity contribution in [3.8, 4) is 0 Å². The molecule has 1 aliphatic carbocycles. The highest BCUT2D eigenvalue weighted by molar-refractivity contribution is 5.80. The highest BCUT2D eigenvalue weighted by Gasteiger charge is 2.63. The van der Waals surface area contributed by atoms with E-state index in [-0.39, 0.29) is 5.91 Å². The Morgan fingerprint density at radius 3 is 2.64 bits per heavy atom. The van der Waals surface area contributed by atoms with Crippen LogP contribution in [0, 0.1) is 24.2 Å². The Bertz CT molecular complexity index is 596. The predicted octanol–water partition coefficient (Wildman–Crippen LogP) is 2.76. The number of carbonyl (C=O) groups is 1. The third-order valence-electron chi connectivity index (χ3n) is 4.89. The van der Waals surface area contributed by atoms with E-state index in [1.165, 1.54) is 0 Å². The topological polar surface area (TPSA) is 38.1 Å². The number of aryl methyl sites for hydroxylation is 1. The SMILES string of the molecule is Cc1cc2n(n1)CCN(C(=O)C1CC(C)(C)C1C(F)(F)F)C2. The van der Waals surface area contributed by atoms with Crippen molar-refractivity contribution >= 4 is 5.91 Å². The molecule has 22 heavy (non-hydrogen) atoms. The van der Waals surface area contributed by atoms with E-state index >= 15 is 0 Å². The second-order valence-electron chi connectivity index (χ2n) is 7.08. The Hall–Kier alpha value is -1.53. The first kappa shape index (κ1) is 15.4. The van der Waals surface area contributed by atoms with Gasteiger partial charge >= 0.3 is 6.18 Å². The third-order valence-corrected chi connectivity index (χ3v) is 4.89. The first-order chi connectivity index (χ1) is 10.1. The molecule has 1 aromatic rings. The molecule has 7 heteroatoms. The summed E-state index contributed by atoms with van der Waals surface area (Å²) in [5, 5.41) is 4.30. The largest absolute Gasteiger partial charge is 0.393 e. The van der Waals surface area contributed by atoms with Gasteiger partial charge in [-0.3, -0.25) is 9.48 Å². The molecule has 1 aromatic heterocycles. The zero-order valence-electron chi connectivity index (χ0n) is 12.9. The van der Waals surface area contributed by atoms with Crippen LogP contribution in [-0.2, 0) is 17.9 Å². The maximum Gasteiger partial charge on any atom is 0.393 e. The molecule has 0 radical (unpaired) electrons. The molecule has 2 atom stereocenters. The van der Waals surface area contributed by atoms with Gasteiger partial charge in [0.15, 0.2) is 0 Å². The number of aromatic nitrogens is 2. The number of hydrogen-bond donors (Lipinski definition) is 0. The minimum atomic E-state index is -4.32. The summed E-state index contributed by atoms with van der Waals surface area (Å²) >= 11 is 0. The van der Waals surface area contributed by atoms with E-state index in [1.807, 2.05) is 17.7 Å². The molecule has 0 spiro atoms. The minimum absolute atomic E-state index is 0.296. The van der Waals surface area contributed by atoms with Crippen molar-refractivity contribution in [2.75, 3.05) is 6.54 Å². The molecule has 1 fully saturated rings. The van der Waals surface area contributed by atoms with Crippen LogP contribution >= 0.6 is 0 Å². The Morgan fingerprint density at radius 1 is 1.36 bits per heavy atom. The molecule has 1 saturated carbocycles. The number of amides is 1. The van der Waals surface area contributed by atoms with Gasteiger partial charge in [0.25, 0.3) is 0 Å². The Kier molecular flexibility index (Phi) is 3.30. The number of fused-ring (bicyclic) bond motifs is 1. The molecule has 122 valence electrons. The van der Waals surface area contributed by atoms with Crippen molar-refractivity contribution < 1.29 is 18.0 Å². The maximum atomic E-state index is 13.2. The zero-order valence-corrected chi connectivity index (χ0v) is 12.9. The van der Waals surface area contributed by atoms with Gasteiger partial charge in [-0.25, -0.2) is 0 Å². The molecule has 0 bridgehead atoms. The van der Waals surface area contributed by atoms with Crippen molar-refractivity contribution in [3.63, 3.8) is 0 Å². The lowest BCUT2D eigenvalue weighted by atomic mass is 9.54. The highest BCUT2D eigenvalue weighted by Crippen LogP contribution is 2.58. The van der Waals surface area contributed by atoms with Gasteiger partial charge < -0.3 is 4.90 Å². The summed E-state index contributed by atoms with van der Waals surface area (Å²) < 4.78 is 41.5. The van der Waals surface area contributed by atoms with E-state index in [9.17, 15) is 18.0 Å². The van der Waals surface area contributed by atoms with Crippen LogP contribution in [0.1, 0.15) is 31.7 Å². The lowest BCUT2D eigenvalue weighted by Crippen LogP contribution is -2.58. The van der Waals surface area contributed by atoms with E-state index in [1.54, 1.807) is 18.7 Å². The van der Waals surface area contributed by atoms with Crippen LogP contribution in [0.4, 0.5) is 13.2 Å². The summed E-state index contributed by atoms with van der Waals surface area (Å²) in [6.45, 7) is 6.36. The molecule has 0 N–H and O–H groups in total. The standard InChI is InChI=1S/C15H20F3N3O/c1-9-6-10-8-20(4-5-21(10)19-9)13(22)11-7-14(2,3)12(11)15(16,17)18/h6,11-12H,4-5,7-8H2,1-3H3. The van der Waals surface area contributed by atoms with Crippen molar-refractivity contribution in [1.29, 1.82) is 0 Å². The molecular weight excluding hydrogens is 295 g/mol. The van der Waals surface area contributed by atoms with E-state index < -0.39 is 23.4 Å². The lowest BCUT2D eigenvalue weighted by molar-refractivity contribution is -0.257. The van der Waals surface area contributed by atoms with Gasteiger partial charge in [-0.15, -0.1) is 0 Å². The summed E-state index contributed by atoms with van der Waals surface area (Å²) in [4.78, 5) is 14.1. The number of alkyl halides is 3. The van der Waals surface area contributed by atoms with Gasteiger partial charge in [0.2, 0.25) is 5.91 Å². The van der Waals surface area contributed by atoms with Gasteiger partial charge in [-0.2, -0.15) is 18.3 Å². The normalized spacial score (nSPS) is 27.3. The molecule has 0 saturated heterocycles. The molecular formula is C15H20F3N3O. The van der Waals surface area contributed by atoms with Crippen LogP contribution in [0.15, 0.2) is 6.07 Å². The number of halogens is 3. The van der Waals surface area contributed by atoms with Gasteiger partial charge in [-0.05, 0) is 24.8 Å². The van der Waals surface area contributed by atoms with Gasteiger partial charge in [0.05, 0.1) is 36.3 Å². The van der Waals surface area contributed by atoms with Gasteiger partial charge in [0.1, 0.15) is 0 Å². The monoisotopic (exact) mass is 315 g/mol. The van der Waals surface area contributed by atoms with E-state index in [0.717, 1.165) is 11.4 Å². The third kappa shape index (κ3) is 2.40. The quantitative estimate of drug-likeness (QED) is 0.799. The van der Waals surface area contributed by atoms with Crippen LogP contribution < -0.4 is 0 Å². The summed E-state index contributed by atoms with van der Waals surface area (Å²) in [6, 6.07) is 1.88. The molecule has 2 unspecified atom stereocenters. The summed E-state index contributed by atoms with van der Waals surface area (Å²) in [5.41, 5.74) is 0.897. The van der Waals surface area contributed by atoms with E-state index in [2.05, 4.69) is 5.10 Å². The van der Waals surface area contributed by atoms with Crippen molar-refractivity contribution in [3.05, 3.63) is 17.5 Å². The number of carbonyl (C=O) groups excluding carboxylic acids is 1. The fraction of sp³-hybridized carbons (Fsp3) is 0.733. The highest BCUT2D eigenvalue weighted by atomic mass is 19.4. The second kappa shape index (κ2) is 4.73. The van der Waals surface area contributed by atoms with Crippen LogP contribution in [-0.4, -0.2) is 33.3 Å². The Balaban J connectivity index is 1.75. The number of nitrogens with zero attached hydrogens (tertiary/aromatic N) is 3. The zero-order chi connectivity index (χ0) is 16.3. The minimum Gasteiger partial charge on any atom is -0.335 e. The average molecular weight is 315 g/mol. The van der Waals surface area contributed by atoms with Crippen LogP contribution in [0.25, 0.3) is 0 Å². The fourth-order valence-corrected chi connectivity index (χ4v) is 3.93. The van der Waals surface area contributed by atoms with E-state index in [0.29, 0.717) is 26.1 Å². The van der Waals surface area contributed by atoms with Gasteiger partial charge in [0, 0.05) is 6.54 Å². The molecule has 1 amide bonds. The van der Waals surface area contributed by atoms with Crippen LogP contribution in [0.3, 0.4) is 0 Å². The summed E-state index contributed by atoms with van der Waals surface area (Å²) in [7, 11) is 0. The van der Waals surface area contributed by atoms with Crippen LogP contribution in [0.2, 0.25) is 0 Å². The Morgan fingerprint density at radius 2 is 2.05 bits per heavy atom. The molecule has 3 rings (SSSR count). The molecule has 4 nitrogen and oxygen atoms in total. The fourth-order valence-electron chi connectivity index (χ4n) is 3.93. The van der Waals surface area contributed by atoms with Crippen molar-refractivity contribution in [2.24, 2.45) is 17.3 Å². The van der Waals surface area contributed by atoms with Crippen molar-refractivity contribution in [2.45, 2.75) is 46.5 Å². The molecule has 0 aromatic carbocycles. The predicted molar refractivity (Wildman–Crippen MR) is 73.8 cm³/mol. The number of hydrogen-bond acceptors (Lipinski definition) is 2. The first-order valence-electron chi connectivity index (χ1n) is 7.48. The Labute approximate surface area is 127 Å². The summed E-state index contributed by atoms with van der Waals surface area (Å²) in [5.74, 6) is -2.85. The average Bonchev–Trinajstić information content (AvgIpc) is 2.72. The van der Waals surface area contributed by atoms with Crippen LogP contribution in [0.5, 0.6) is 0 Å². The van der Waals surface area contributed by atoms with Gasteiger partial charge in [-0.1, -0.05) is 13.8 Å². The van der Waals surface area contributed by atoms with E-state index in [4.69, 9.17) is 0 Å². The molecule has 1 aliphatic heterocycles. The first-order valence-corrected chi connectivity index (χ1v) is 7.48. The maximum absolute atomic E-state index is 13.2. The summed E-state index contributed by atoms with van der Waals surface area (Å²) in [6.07, 6.45) is -4.03. The second-order valence-corrected chi connectivity index (χ2v) is 7.08.